The van der Waals surface area contributed by atoms with Gasteiger partial charge in [0.1, 0.15) is 5.69 Å². The van der Waals surface area contributed by atoms with Crippen LogP contribution in [-0.2, 0) is 13.6 Å². The van der Waals surface area contributed by atoms with E-state index in [0.717, 1.165) is 38.0 Å². The predicted octanol–water partition coefficient (Wildman–Crippen LogP) is 3.57. The van der Waals surface area contributed by atoms with Crippen molar-refractivity contribution in [3.8, 4) is 10.6 Å². The normalized spacial score (nSPS) is 21.7. The second kappa shape index (κ2) is 8.08. The molecule has 2 heterocycles. The monoisotopic (exact) mass is 333 g/mol. The molecule has 0 bridgehead atoms. The number of aliphatic hydroxyl groups excluding tert-OH is 1. The lowest BCUT2D eigenvalue weighted by atomic mass is 9.83. The summed E-state index contributed by atoms with van der Waals surface area (Å²) in [5, 5.41) is 20.2. The number of nitrogens with one attached hydrogen (secondary N) is 1. The summed E-state index contributed by atoms with van der Waals surface area (Å²) in [7, 11) is 1.98. The van der Waals surface area contributed by atoms with Crippen LogP contribution in [0.4, 0.5) is 0 Å². The number of rotatable bonds is 7. The van der Waals surface area contributed by atoms with Crippen LogP contribution in [-0.4, -0.2) is 27.5 Å². The highest BCUT2D eigenvalue weighted by molar-refractivity contribution is 7.13. The van der Waals surface area contributed by atoms with Gasteiger partial charge in [-0.15, -0.1) is 11.3 Å². The average Bonchev–Trinajstić information content (AvgIpc) is 3.18. The van der Waals surface area contributed by atoms with Gasteiger partial charge >= 0.3 is 0 Å². The molecule has 0 aliphatic heterocycles. The molecule has 126 valence electrons. The second-order valence-corrected chi connectivity index (χ2v) is 7.53. The summed E-state index contributed by atoms with van der Waals surface area (Å²) in [6.45, 7) is 1.86. The first kappa shape index (κ1) is 16.7. The van der Waals surface area contributed by atoms with Crippen LogP contribution in [0, 0.1) is 5.92 Å². The molecule has 0 aromatic carbocycles. The molecule has 1 aliphatic rings. The van der Waals surface area contributed by atoms with Gasteiger partial charge in [-0.2, -0.15) is 5.10 Å². The third-order valence-corrected chi connectivity index (χ3v) is 5.65. The Labute approximate surface area is 142 Å². The molecule has 5 heteroatoms. The van der Waals surface area contributed by atoms with E-state index in [-0.39, 0.29) is 6.10 Å². The molecule has 3 rings (SSSR count). The zero-order chi connectivity index (χ0) is 16.1. The van der Waals surface area contributed by atoms with Crippen LogP contribution in [0.5, 0.6) is 0 Å². The number of nitrogens with zero attached hydrogens (tertiary/aromatic N) is 2. The summed E-state index contributed by atoms with van der Waals surface area (Å²) in [5.74, 6) is 0.519. The first-order valence-electron chi connectivity index (χ1n) is 8.69. The van der Waals surface area contributed by atoms with Gasteiger partial charge in [0.25, 0.3) is 0 Å². The highest BCUT2D eigenvalue weighted by atomic mass is 32.1. The van der Waals surface area contributed by atoms with Crippen LogP contribution in [0.25, 0.3) is 10.6 Å². The van der Waals surface area contributed by atoms with Gasteiger partial charge < -0.3 is 10.4 Å². The molecule has 2 atom stereocenters. The number of aryl methyl sites for hydroxylation is 1. The summed E-state index contributed by atoms with van der Waals surface area (Å²) in [4.78, 5) is 1.23. The van der Waals surface area contributed by atoms with Crippen molar-refractivity contribution < 1.29 is 5.11 Å². The molecule has 4 nitrogen and oxygen atoms in total. The van der Waals surface area contributed by atoms with Crippen molar-refractivity contribution in [1.29, 1.82) is 0 Å². The molecule has 2 aromatic rings. The van der Waals surface area contributed by atoms with E-state index < -0.39 is 0 Å². The standard InChI is InChI=1S/C18H27N3OS/c1-21-13-15(18(20-21)17-9-5-11-23-17)12-19-10-4-7-14-6-2-3-8-16(14)22/h5,9,11,13-14,16,19,22H,2-4,6-8,10,12H2,1H3. The van der Waals surface area contributed by atoms with Gasteiger partial charge in [0.05, 0.1) is 11.0 Å². The molecule has 0 amide bonds. The van der Waals surface area contributed by atoms with Crippen molar-refractivity contribution >= 4 is 11.3 Å². The van der Waals surface area contributed by atoms with Gasteiger partial charge in [-0.25, -0.2) is 0 Å². The number of hydrogen-bond donors (Lipinski definition) is 2. The van der Waals surface area contributed by atoms with E-state index in [1.54, 1.807) is 11.3 Å². The van der Waals surface area contributed by atoms with Gasteiger partial charge in [-0.3, -0.25) is 4.68 Å². The number of aromatic nitrogens is 2. The van der Waals surface area contributed by atoms with Crippen molar-refractivity contribution in [2.75, 3.05) is 6.54 Å². The predicted molar refractivity (Wildman–Crippen MR) is 95.4 cm³/mol. The molecule has 1 fully saturated rings. The SMILES string of the molecule is Cn1cc(CNCCCC2CCCCC2O)c(-c2cccs2)n1. The molecular formula is C18H27N3OS. The summed E-state index contributed by atoms with van der Waals surface area (Å²) in [6.07, 6.45) is 9.00. The summed E-state index contributed by atoms with van der Waals surface area (Å²) in [6, 6.07) is 4.20. The van der Waals surface area contributed by atoms with Crippen LogP contribution in [0.3, 0.4) is 0 Å². The Morgan fingerprint density at radius 2 is 2.26 bits per heavy atom. The summed E-state index contributed by atoms with van der Waals surface area (Å²) in [5.41, 5.74) is 2.35. The molecule has 0 spiro atoms. The summed E-state index contributed by atoms with van der Waals surface area (Å²) < 4.78 is 1.89. The van der Waals surface area contributed by atoms with E-state index in [9.17, 15) is 5.11 Å². The van der Waals surface area contributed by atoms with Crippen LogP contribution in [0.1, 0.15) is 44.1 Å². The number of aliphatic hydroxyl groups is 1. The van der Waals surface area contributed by atoms with Crippen LogP contribution < -0.4 is 5.32 Å². The van der Waals surface area contributed by atoms with Crippen molar-refractivity contribution in [2.45, 2.75) is 51.2 Å². The van der Waals surface area contributed by atoms with Gasteiger partial charge in [-0.1, -0.05) is 18.9 Å². The molecule has 0 radical (unpaired) electrons. The fourth-order valence-electron chi connectivity index (χ4n) is 3.52. The van der Waals surface area contributed by atoms with Gasteiger partial charge in [-0.05, 0) is 49.6 Å². The van der Waals surface area contributed by atoms with Crippen LogP contribution in [0.15, 0.2) is 23.7 Å². The average molecular weight is 334 g/mol. The van der Waals surface area contributed by atoms with E-state index in [4.69, 9.17) is 0 Å². The quantitative estimate of drug-likeness (QED) is 0.762. The van der Waals surface area contributed by atoms with Crippen molar-refractivity contribution in [3.05, 3.63) is 29.3 Å². The molecule has 2 N–H and O–H groups in total. The number of hydrogen-bond acceptors (Lipinski definition) is 4. The van der Waals surface area contributed by atoms with Crippen molar-refractivity contribution in [1.82, 2.24) is 15.1 Å². The fourth-order valence-corrected chi connectivity index (χ4v) is 4.27. The van der Waals surface area contributed by atoms with Crippen molar-refractivity contribution in [3.63, 3.8) is 0 Å². The zero-order valence-electron chi connectivity index (χ0n) is 13.9. The topological polar surface area (TPSA) is 50.1 Å². The van der Waals surface area contributed by atoms with E-state index >= 15 is 0 Å². The lowest BCUT2D eigenvalue weighted by Crippen LogP contribution is -2.25. The first-order valence-corrected chi connectivity index (χ1v) is 9.57. The van der Waals surface area contributed by atoms with Crippen LogP contribution >= 0.6 is 11.3 Å². The maximum absolute atomic E-state index is 10.0. The zero-order valence-corrected chi connectivity index (χ0v) is 14.7. The second-order valence-electron chi connectivity index (χ2n) is 6.58. The summed E-state index contributed by atoms with van der Waals surface area (Å²) >= 11 is 1.73. The molecule has 1 saturated carbocycles. The highest BCUT2D eigenvalue weighted by Crippen LogP contribution is 2.28. The van der Waals surface area contributed by atoms with Gasteiger partial charge in [0.2, 0.25) is 0 Å². The molecule has 2 aromatic heterocycles. The Morgan fingerprint density at radius 1 is 1.39 bits per heavy atom. The third kappa shape index (κ3) is 4.43. The van der Waals surface area contributed by atoms with E-state index in [2.05, 4.69) is 34.1 Å². The largest absolute Gasteiger partial charge is 0.393 e. The lowest BCUT2D eigenvalue weighted by molar-refractivity contribution is 0.0643. The Bertz CT molecular complexity index is 593. The van der Waals surface area contributed by atoms with Crippen molar-refractivity contribution in [2.24, 2.45) is 13.0 Å². The van der Waals surface area contributed by atoms with E-state index in [0.29, 0.717) is 5.92 Å². The maximum Gasteiger partial charge on any atom is 0.107 e. The smallest absolute Gasteiger partial charge is 0.107 e. The Balaban J connectivity index is 1.44. The maximum atomic E-state index is 10.0. The molecule has 0 saturated heterocycles. The van der Waals surface area contributed by atoms with E-state index in [1.807, 2.05) is 11.7 Å². The Hall–Kier alpha value is -1.17. The van der Waals surface area contributed by atoms with Gasteiger partial charge in [0, 0.05) is 25.4 Å². The van der Waals surface area contributed by atoms with Gasteiger partial charge in [0.15, 0.2) is 0 Å². The number of thiophene rings is 1. The van der Waals surface area contributed by atoms with E-state index in [1.165, 1.54) is 29.7 Å². The highest BCUT2D eigenvalue weighted by Gasteiger charge is 2.22. The molecule has 2 unspecified atom stereocenters. The molecule has 23 heavy (non-hydrogen) atoms. The molecular weight excluding hydrogens is 306 g/mol. The minimum atomic E-state index is -0.0625. The fraction of sp³-hybridized carbons (Fsp3) is 0.611. The third-order valence-electron chi connectivity index (χ3n) is 4.77. The Morgan fingerprint density at radius 3 is 3.04 bits per heavy atom. The first-order chi connectivity index (χ1) is 11.2. The molecule has 1 aliphatic carbocycles. The Kier molecular flexibility index (Phi) is 5.86. The minimum absolute atomic E-state index is 0.0625. The lowest BCUT2D eigenvalue weighted by Gasteiger charge is -2.27. The minimum Gasteiger partial charge on any atom is -0.393 e. The van der Waals surface area contributed by atoms with Crippen LogP contribution in [0.2, 0.25) is 0 Å².